The van der Waals surface area contributed by atoms with Crippen molar-refractivity contribution < 1.29 is 136 Å². The fraction of sp³-hybridized carbons (Fsp3) is 0.824. The van der Waals surface area contributed by atoms with E-state index >= 15 is 0 Å². The predicted octanol–water partition coefficient (Wildman–Crippen LogP) is 9.35. The van der Waals surface area contributed by atoms with Gasteiger partial charge in [-0.2, -0.15) is 141 Å². The Labute approximate surface area is 244 Å². The molecule has 1 aromatic rings. The minimum atomic E-state index is -9.25. The molecule has 0 saturated heterocycles. The molecule has 0 aliphatic heterocycles. The summed E-state index contributed by atoms with van der Waals surface area (Å²) in [7, 11) is 0. The summed E-state index contributed by atoms with van der Waals surface area (Å²) < 4.78 is 393. The largest absolute Gasteiger partial charge is 0.469 e. The maximum atomic E-state index is 14.2. The molecule has 0 aromatic carbocycles. The van der Waals surface area contributed by atoms with Crippen LogP contribution < -0.4 is 4.57 Å². The van der Waals surface area contributed by atoms with Gasteiger partial charge in [-0.05, 0) is 0 Å². The lowest BCUT2D eigenvalue weighted by Gasteiger charge is -2.42. The summed E-state index contributed by atoms with van der Waals surface area (Å²) in [5.41, 5.74) is 0. The number of alkyl halides is 30. The monoisotopic (exact) mass is 805 g/mol. The standard InChI is InChI=1S/C17H3F30N2/c18-4(19,6(22,23)10(30,31)14(38,39)40)5(20,21)8(26,27)12(34,35)16(44,45)48-1-2-49(3-48)17(46,47)13(36,37)9(28,29)7(24,25)11(32,33)15(41,42)43/h1-3H/q+1. The molecule has 49 heavy (non-hydrogen) atoms. The highest BCUT2D eigenvalue weighted by Crippen LogP contribution is 2.65. The Morgan fingerprint density at radius 1 is 0.306 bits per heavy atom. The van der Waals surface area contributed by atoms with E-state index in [1.807, 2.05) is 0 Å². The average molecular weight is 805 g/mol. The van der Waals surface area contributed by atoms with E-state index < -0.39 is 112 Å². The maximum absolute atomic E-state index is 14.2. The Morgan fingerprint density at radius 2 is 0.551 bits per heavy atom. The second-order valence-corrected chi connectivity index (χ2v) is 9.05. The number of rotatable bonds is 12. The lowest BCUT2D eigenvalue weighted by molar-refractivity contribution is -0.849. The van der Waals surface area contributed by atoms with Crippen molar-refractivity contribution in [2.75, 3.05) is 0 Å². The first-order valence-electron chi connectivity index (χ1n) is 10.5. The summed E-state index contributed by atoms with van der Waals surface area (Å²) in [5.74, 6) is -88.1. The van der Waals surface area contributed by atoms with E-state index in [2.05, 4.69) is 0 Å². The van der Waals surface area contributed by atoms with Crippen LogP contribution in [0.5, 0.6) is 0 Å². The summed E-state index contributed by atoms with van der Waals surface area (Å²) in [4.78, 5) is 0. The SMILES string of the molecule is FC(F)(F)C(F)(F)C(F)(F)C(F)(F)C(F)(F)C(F)(F)n1cc[n+](C(F)(F)C(F)(F)C(F)(F)C(F)(F)C(F)(F)C(F)(F)C(F)(F)C(F)(F)F)c1. The smallest absolute Gasteiger partial charge is 0.192 e. The molecular weight excluding hydrogens is 802 g/mol. The molecule has 0 N–H and O–H groups in total. The molecule has 0 spiro atoms. The van der Waals surface area contributed by atoms with E-state index in [4.69, 9.17) is 0 Å². The number of aromatic nitrogens is 2. The normalized spacial score (nSPS) is 16.8. The van der Waals surface area contributed by atoms with Crippen LogP contribution in [0.3, 0.4) is 0 Å². The van der Waals surface area contributed by atoms with Gasteiger partial charge in [0.2, 0.25) is 0 Å². The van der Waals surface area contributed by atoms with Gasteiger partial charge in [-0.25, -0.2) is 0 Å². The van der Waals surface area contributed by atoms with Crippen LogP contribution in [0.25, 0.3) is 0 Å². The third-order valence-electron chi connectivity index (χ3n) is 5.91. The first-order valence-corrected chi connectivity index (χ1v) is 10.5. The summed E-state index contributed by atoms with van der Waals surface area (Å²) in [5, 5.41) is 0. The van der Waals surface area contributed by atoms with Gasteiger partial charge in [0.1, 0.15) is 12.4 Å². The van der Waals surface area contributed by atoms with E-state index in [1.165, 1.54) is 0 Å². The van der Waals surface area contributed by atoms with Crippen molar-refractivity contribution in [2.45, 2.75) is 83.7 Å². The molecule has 1 aromatic heterocycles. The first kappa shape index (κ1) is 44.1. The van der Waals surface area contributed by atoms with Crippen molar-refractivity contribution in [1.82, 2.24) is 4.57 Å². The molecule has 0 saturated carbocycles. The van der Waals surface area contributed by atoms with Crippen molar-refractivity contribution in [3.8, 4) is 0 Å². The van der Waals surface area contributed by atoms with Gasteiger partial charge in [0.05, 0.1) is 0 Å². The van der Waals surface area contributed by atoms with Crippen molar-refractivity contribution in [2.24, 2.45) is 0 Å². The van der Waals surface area contributed by atoms with Crippen molar-refractivity contribution in [3.63, 3.8) is 0 Å². The number of nitrogens with zero attached hydrogens (tertiary/aromatic N) is 2. The Kier molecular flexibility index (Phi) is 9.74. The van der Waals surface area contributed by atoms with Crippen molar-refractivity contribution in [3.05, 3.63) is 18.7 Å². The third kappa shape index (κ3) is 5.27. The minimum Gasteiger partial charge on any atom is -0.192 e. The van der Waals surface area contributed by atoms with Gasteiger partial charge in [0.25, 0.3) is 6.33 Å². The van der Waals surface area contributed by atoms with E-state index in [9.17, 15) is 132 Å². The summed E-state index contributed by atoms with van der Waals surface area (Å²) in [6.45, 7) is 0. The molecule has 32 heteroatoms. The minimum absolute atomic E-state index is 1.60. The number of hydrogen-bond acceptors (Lipinski definition) is 0. The molecule has 0 amide bonds. The van der Waals surface area contributed by atoms with Crippen LogP contribution in [-0.2, 0) is 12.1 Å². The first-order chi connectivity index (χ1) is 20.7. The zero-order valence-corrected chi connectivity index (χ0v) is 21.0. The van der Waals surface area contributed by atoms with Crippen LogP contribution in [0, 0.1) is 0 Å². The molecule has 1 heterocycles. The number of hydrogen-bond donors (Lipinski definition) is 0. The van der Waals surface area contributed by atoms with Crippen LogP contribution in [0.15, 0.2) is 18.7 Å². The molecule has 2 nitrogen and oxygen atoms in total. The Morgan fingerprint density at radius 3 is 0.837 bits per heavy atom. The van der Waals surface area contributed by atoms with Gasteiger partial charge in [0, 0.05) is 0 Å². The fourth-order valence-electron chi connectivity index (χ4n) is 2.93. The molecule has 0 aliphatic carbocycles. The second kappa shape index (κ2) is 10.8. The van der Waals surface area contributed by atoms with Gasteiger partial charge < -0.3 is 0 Å². The highest BCUT2D eigenvalue weighted by molar-refractivity contribution is 5.14. The Hall–Kier alpha value is -2.89. The van der Waals surface area contributed by atoms with E-state index in [0.717, 1.165) is 0 Å². The molecule has 0 atom stereocenters. The third-order valence-corrected chi connectivity index (χ3v) is 5.91. The van der Waals surface area contributed by atoms with Gasteiger partial charge in [-0.3, -0.25) is 0 Å². The zero-order chi connectivity index (χ0) is 40.3. The Bertz CT molecular complexity index is 1350. The van der Waals surface area contributed by atoms with E-state index in [1.54, 1.807) is 0 Å². The number of halogens is 30. The quantitative estimate of drug-likeness (QED) is 0.147. The molecule has 0 radical (unpaired) electrons. The molecule has 0 fully saturated rings. The molecular formula is C17H3F30N2+. The topological polar surface area (TPSA) is 8.81 Å². The molecule has 0 bridgehead atoms. The maximum Gasteiger partial charge on any atom is 0.469 e. The van der Waals surface area contributed by atoms with Crippen molar-refractivity contribution in [1.29, 1.82) is 0 Å². The summed E-state index contributed by atoms with van der Waals surface area (Å²) in [6, 6.07) is -15.6. The van der Waals surface area contributed by atoms with E-state index in [-0.39, 0.29) is 0 Å². The molecule has 290 valence electrons. The highest BCUT2D eigenvalue weighted by atomic mass is 19.4. The zero-order valence-electron chi connectivity index (χ0n) is 21.0. The van der Waals surface area contributed by atoms with Gasteiger partial charge in [0.15, 0.2) is 0 Å². The van der Waals surface area contributed by atoms with Crippen LogP contribution in [0.4, 0.5) is 132 Å². The van der Waals surface area contributed by atoms with Gasteiger partial charge in [-0.15, -0.1) is 0 Å². The van der Waals surface area contributed by atoms with Crippen LogP contribution in [0.1, 0.15) is 0 Å². The van der Waals surface area contributed by atoms with E-state index in [0.29, 0.717) is 0 Å². The fourth-order valence-corrected chi connectivity index (χ4v) is 2.93. The molecule has 1 rings (SSSR count). The van der Waals surface area contributed by atoms with Crippen molar-refractivity contribution >= 4 is 0 Å². The summed E-state index contributed by atoms with van der Waals surface area (Å²) in [6.07, 6.45) is -21.5. The summed E-state index contributed by atoms with van der Waals surface area (Å²) >= 11 is 0. The molecule has 0 aliphatic rings. The predicted molar refractivity (Wildman–Crippen MR) is 86.6 cm³/mol. The lowest BCUT2D eigenvalue weighted by Crippen LogP contribution is -2.76. The number of imidazole rings is 1. The van der Waals surface area contributed by atoms with Crippen LogP contribution >= 0.6 is 0 Å². The highest BCUT2D eigenvalue weighted by Gasteiger charge is 2.97. The van der Waals surface area contributed by atoms with Gasteiger partial charge in [-0.1, -0.05) is 0 Å². The molecule has 0 unspecified atom stereocenters. The van der Waals surface area contributed by atoms with Crippen LogP contribution in [-0.4, -0.2) is 76.1 Å². The second-order valence-electron chi connectivity index (χ2n) is 9.05. The average Bonchev–Trinajstić information content (AvgIpc) is 3.38. The Balaban J connectivity index is 3.86. The van der Waals surface area contributed by atoms with Crippen LogP contribution in [0.2, 0.25) is 0 Å². The van der Waals surface area contributed by atoms with Gasteiger partial charge >= 0.3 is 83.7 Å². The lowest BCUT2D eigenvalue weighted by atomic mass is 9.90.